The van der Waals surface area contributed by atoms with Gasteiger partial charge in [0.25, 0.3) is 0 Å². The molecule has 0 aliphatic heterocycles. The zero-order valence-electron chi connectivity index (χ0n) is 11.2. The predicted molar refractivity (Wildman–Crippen MR) is 68.7 cm³/mol. The standard InChI is InChI=1S/C13H26N2O2/c1-4-11(5-2)15-13(16)9(3)17-12-7-6-10(14)8-12/h9-12H,4-8,14H2,1-3H3,(H,15,16). The van der Waals surface area contributed by atoms with Crippen LogP contribution in [0, 0.1) is 0 Å². The molecule has 0 aromatic heterocycles. The average Bonchev–Trinajstić information content (AvgIpc) is 2.71. The van der Waals surface area contributed by atoms with Gasteiger partial charge in [0.1, 0.15) is 6.10 Å². The molecule has 4 nitrogen and oxygen atoms in total. The molecule has 1 fully saturated rings. The Labute approximate surface area is 104 Å². The summed E-state index contributed by atoms with van der Waals surface area (Å²) >= 11 is 0. The van der Waals surface area contributed by atoms with Crippen LogP contribution in [-0.4, -0.2) is 30.2 Å². The maximum Gasteiger partial charge on any atom is 0.249 e. The number of hydrogen-bond acceptors (Lipinski definition) is 3. The fourth-order valence-corrected chi connectivity index (χ4v) is 2.26. The van der Waals surface area contributed by atoms with Gasteiger partial charge in [0, 0.05) is 12.1 Å². The third kappa shape index (κ3) is 4.64. The van der Waals surface area contributed by atoms with Crippen molar-refractivity contribution in [2.24, 2.45) is 5.73 Å². The van der Waals surface area contributed by atoms with E-state index in [9.17, 15) is 4.79 Å². The fraction of sp³-hybridized carbons (Fsp3) is 0.923. The van der Waals surface area contributed by atoms with Crippen molar-refractivity contribution in [3.63, 3.8) is 0 Å². The Morgan fingerprint density at radius 1 is 1.41 bits per heavy atom. The molecule has 1 aliphatic rings. The molecule has 0 bridgehead atoms. The van der Waals surface area contributed by atoms with Gasteiger partial charge in [-0.2, -0.15) is 0 Å². The van der Waals surface area contributed by atoms with Crippen LogP contribution in [0.3, 0.4) is 0 Å². The molecule has 0 aromatic rings. The van der Waals surface area contributed by atoms with E-state index in [1.165, 1.54) is 0 Å². The molecule has 1 amide bonds. The quantitative estimate of drug-likeness (QED) is 0.743. The van der Waals surface area contributed by atoms with Gasteiger partial charge in [0.15, 0.2) is 0 Å². The number of rotatable bonds is 6. The van der Waals surface area contributed by atoms with Crippen molar-refractivity contribution in [2.45, 2.75) is 77.2 Å². The van der Waals surface area contributed by atoms with Crippen molar-refractivity contribution in [3.05, 3.63) is 0 Å². The molecule has 3 unspecified atom stereocenters. The van der Waals surface area contributed by atoms with E-state index in [-0.39, 0.29) is 30.2 Å². The van der Waals surface area contributed by atoms with Crippen molar-refractivity contribution in [3.8, 4) is 0 Å². The SMILES string of the molecule is CCC(CC)NC(=O)C(C)OC1CCC(N)C1. The summed E-state index contributed by atoms with van der Waals surface area (Å²) in [4.78, 5) is 11.9. The highest BCUT2D eigenvalue weighted by atomic mass is 16.5. The van der Waals surface area contributed by atoms with E-state index in [0.29, 0.717) is 0 Å². The van der Waals surface area contributed by atoms with E-state index in [2.05, 4.69) is 19.2 Å². The average molecular weight is 242 g/mol. The number of amides is 1. The topological polar surface area (TPSA) is 64.3 Å². The molecular weight excluding hydrogens is 216 g/mol. The van der Waals surface area contributed by atoms with E-state index >= 15 is 0 Å². The fourth-order valence-electron chi connectivity index (χ4n) is 2.26. The van der Waals surface area contributed by atoms with Gasteiger partial charge in [-0.05, 0) is 39.0 Å². The number of carbonyl (C=O) groups is 1. The lowest BCUT2D eigenvalue weighted by Crippen LogP contribution is -2.42. The van der Waals surface area contributed by atoms with Crippen LogP contribution in [0.15, 0.2) is 0 Å². The third-order valence-electron chi connectivity index (χ3n) is 3.52. The third-order valence-corrected chi connectivity index (χ3v) is 3.52. The van der Waals surface area contributed by atoms with E-state index in [1.54, 1.807) is 0 Å². The zero-order valence-corrected chi connectivity index (χ0v) is 11.2. The van der Waals surface area contributed by atoms with Crippen LogP contribution in [0.25, 0.3) is 0 Å². The zero-order chi connectivity index (χ0) is 12.8. The molecule has 4 heteroatoms. The highest BCUT2D eigenvalue weighted by Gasteiger charge is 2.26. The van der Waals surface area contributed by atoms with Crippen LogP contribution >= 0.6 is 0 Å². The van der Waals surface area contributed by atoms with Gasteiger partial charge < -0.3 is 15.8 Å². The van der Waals surface area contributed by atoms with Crippen molar-refractivity contribution >= 4 is 5.91 Å². The summed E-state index contributed by atoms with van der Waals surface area (Å²) in [5.74, 6) is -0.000767. The number of ether oxygens (including phenoxy) is 1. The Morgan fingerprint density at radius 3 is 2.53 bits per heavy atom. The number of nitrogens with one attached hydrogen (secondary N) is 1. The summed E-state index contributed by atoms with van der Waals surface area (Å²) in [5.41, 5.74) is 5.82. The number of carbonyl (C=O) groups excluding carboxylic acids is 1. The van der Waals surface area contributed by atoms with Crippen LogP contribution in [0.4, 0.5) is 0 Å². The van der Waals surface area contributed by atoms with Gasteiger partial charge in [0.2, 0.25) is 5.91 Å². The summed E-state index contributed by atoms with van der Waals surface area (Å²) in [7, 11) is 0. The first kappa shape index (κ1) is 14.5. The van der Waals surface area contributed by atoms with Crippen LogP contribution < -0.4 is 11.1 Å². The minimum Gasteiger partial charge on any atom is -0.365 e. The molecule has 0 radical (unpaired) electrons. The Morgan fingerprint density at radius 2 is 2.06 bits per heavy atom. The van der Waals surface area contributed by atoms with Crippen LogP contribution in [0.1, 0.15) is 52.9 Å². The van der Waals surface area contributed by atoms with Gasteiger partial charge in [-0.25, -0.2) is 0 Å². The maximum absolute atomic E-state index is 11.9. The first-order valence-electron chi connectivity index (χ1n) is 6.78. The van der Waals surface area contributed by atoms with Crippen LogP contribution in [0.2, 0.25) is 0 Å². The molecule has 100 valence electrons. The van der Waals surface area contributed by atoms with Gasteiger partial charge >= 0.3 is 0 Å². The van der Waals surface area contributed by atoms with Gasteiger partial charge in [-0.3, -0.25) is 4.79 Å². The number of hydrogen-bond donors (Lipinski definition) is 2. The van der Waals surface area contributed by atoms with Crippen LogP contribution in [-0.2, 0) is 9.53 Å². The first-order chi connectivity index (χ1) is 8.06. The van der Waals surface area contributed by atoms with E-state index in [0.717, 1.165) is 32.1 Å². The normalized spacial score (nSPS) is 26.2. The lowest BCUT2D eigenvalue weighted by molar-refractivity contribution is -0.135. The summed E-state index contributed by atoms with van der Waals surface area (Å²) < 4.78 is 5.74. The van der Waals surface area contributed by atoms with Gasteiger partial charge in [0.05, 0.1) is 6.10 Å². The highest BCUT2D eigenvalue weighted by Crippen LogP contribution is 2.21. The molecule has 3 atom stereocenters. The van der Waals surface area contributed by atoms with Gasteiger partial charge in [-0.15, -0.1) is 0 Å². The highest BCUT2D eigenvalue weighted by molar-refractivity contribution is 5.80. The van der Waals surface area contributed by atoms with Gasteiger partial charge in [-0.1, -0.05) is 13.8 Å². The largest absolute Gasteiger partial charge is 0.365 e. The first-order valence-corrected chi connectivity index (χ1v) is 6.78. The summed E-state index contributed by atoms with van der Waals surface area (Å²) in [6, 6.07) is 0.508. The molecular formula is C13H26N2O2. The van der Waals surface area contributed by atoms with E-state index in [4.69, 9.17) is 10.5 Å². The molecule has 1 rings (SSSR count). The minimum atomic E-state index is -0.370. The Kier molecular flexibility index (Phi) is 5.92. The van der Waals surface area contributed by atoms with Crippen molar-refractivity contribution in [2.75, 3.05) is 0 Å². The molecule has 3 N–H and O–H groups in total. The molecule has 1 saturated carbocycles. The molecule has 0 aromatic carbocycles. The molecule has 0 saturated heterocycles. The summed E-state index contributed by atoms with van der Waals surface area (Å²) in [6.07, 6.45) is 4.57. The predicted octanol–water partition coefficient (Wildman–Crippen LogP) is 1.58. The molecule has 17 heavy (non-hydrogen) atoms. The monoisotopic (exact) mass is 242 g/mol. The summed E-state index contributed by atoms with van der Waals surface area (Å²) in [5, 5.41) is 3.01. The van der Waals surface area contributed by atoms with E-state index in [1.807, 2.05) is 6.92 Å². The lowest BCUT2D eigenvalue weighted by Gasteiger charge is -2.21. The smallest absolute Gasteiger partial charge is 0.249 e. The molecule has 0 spiro atoms. The molecule has 1 aliphatic carbocycles. The Bertz CT molecular complexity index is 242. The number of nitrogens with two attached hydrogens (primary N) is 1. The maximum atomic E-state index is 11.9. The van der Waals surface area contributed by atoms with Crippen molar-refractivity contribution in [1.82, 2.24) is 5.32 Å². The summed E-state index contributed by atoms with van der Waals surface area (Å²) in [6.45, 7) is 5.98. The second-order valence-corrected chi connectivity index (χ2v) is 5.00. The Hall–Kier alpha value is -0.610. The minimum absolute atomic E-state index is 0.000767. The second kappa shape index (κ2) is 6.97. The van der Waals surface area contributed by atoms with Crippen LogP contribution in [0.5, 0.6) is 0 Å². The second-order valence-electron chi connectivity index (χ2n) is 5.00. The van der Waals surface area contributed by atoms with Crippen molar-refractivity contribution < 1.29 is 9.53 Å². The molecule has 0 heterocycles. The van der Waals surface area contributed by atoms with E-state index < -0.39 is 0 Å². The van der Waals surface area contributed by atoms with Crippen molar-refractivity contribution in [1.29, 1.82) is 0 Å². The Balaban J connectivity index is 2.31. The lowest BCUT2D eigenvalue weighted by atomic mass is 10.1.